The molecule has 0 atom stereocenters. The van der Waals surface area contributed by atoms with Gasteiger partial charge in [0.05, 0.1) is 18.1 Å². The number of carboxylic acid groups (broad SMARTS) is 1. The van der Waals surface area contributed by atoms with Crippen molar-refractivity contribution in [2.45, 2.75) is 0 Å². The van der Waals surface area contributed by atoms with Gasteiger partial charge in [-0.05, 0) is 12.1 Å². The van der Waals surface area contributed by atoms with Crippen molar-refractivity contribution >= 4 is 17.6 Å². The third kappa shape index (κ3) is 3.00. The Kier molecular flexibility index (Phi) is 3.33. The summed E-state index contributed by atoms with van der Waals surface area (Å²) in [5, 5.41) is 11.1. The zero-order valence-electron chi connectivity index (χ0n) is 9.45. The molecule has 0 saturated heterocycles. The minimum Gasteiger partial charge on any atom is -0.477 e. The van der Waals surface area contributed by atoms with Crippen LogP contribution in [0.15, 0.2) is 35.5 Å². The number of hydrogen-bond acceptors (Lipinski definition) is 5. The summed E-state index contributed by atoms with van der Waals surface area (Å²) in [6, 6.07) is 2.66. The van der Waals surface area contributed by atoms with Gasteiger partial charge in [-0.15, -0.1) is 0 Å². The third-order valence-electron chi connectivity index (χ3n) is 2.15. The lowest BCUT2D eigenvalue weighted by molar-refractivity contribution is 0.0690. The number of amides is 1. The highest BCUT2D eigenvalue weighted by Gasteiger charge is 2.09. The Morgan fingerprint density at radius 3 is 2.42 bits per heavy atom. The second-order valence-corrected chi connectivity index (χ2v) is 3.49. The van der Waals surface area contributed by atoms with E-state index in [1.807, 2.05) is 0 Å². The molecule has 0 bridgehead atoms. The van der Waals surface area contributed by atoms with Crippen LogP contribution >= 0.6 is 0 Å². The second kappa shape index (κ2) is 5.08. The number of aromatic nitrogens is 3. The minimum atomic E-state index is -1.15. The van der Waals surface area contributed by atoms with Gasteiger partial charge in [0.2, 0.25) is 0 Å². The molecule has 0 aliphatic rings. The summed E-state index contributed by atoms with van der Waals surface area (Å²) in [5.41, 5.74) is -0.186. The van der Waals surface area contributed by atoms with Gasteiger partial charge in [0.25, 0.3) is 11.5 Å². The molecule has 19 heavy (non-hydrogen) atoms. The number of aromatic carboxylic acids is 1. The van der Waals surface area contributed by atoms with E-state index in [2.05, 4.69) is 20.3 Å². The number of carboxylic acids is 1. The van der Waals surface area contributed by atoms with Crippen molar-refractivity contribution in [3.63, 3.8) is 0 Å². The van der Waals surface area contributed by atoms with E-state index < -0.39 is 17.4 Å². The fourth-order valence-electron chi connectivity index (χ4n) is 1.26. The summed E-state index contributed by atoms with van der Waals surface area (Å²) in [6.07, 6.45) is 3.38. The van der Waals surface area contributed by atoms with Gasteiger partial charge in [-0.1, -0.05) is 0 Å². The van der Waals surface area contributed by atoms with Gasteiger partial charge in [0, 0.05) is 6.20 Å². The van der Waals surface area contributed by atoms with Crippen LogP contribution in [0.25, 0.3) is 0 Å². The molecular formula is C11H8N4O4. The smallest absolute Gasteiger partial charge is 0.354 e. The lowest BCUT2D eigenvalue weighted by Gasteiger charge is -2.03. The molecular weight excluding hydrogens is 252 g/mol. The van der Waals surface area contributed by atoms with Gasteiger partial charge in [-0.2, -0.15) is 0 Å². The highest BCUT2D eigenvalue weighted by molar-refractivity contribution is 6.02. The Morgan fingerprint density at radius 1 is 1.16 bits per heavy atom. The predicted octanol–water partition coefficient (Wildman–Crippen LogP) is 0.115. The van der Waals surface area contributed by atoms with E-state index in [-0.39, 0.29) is 11.4 Å². The predicted molar refractivity (Wildman–Crippen MR) is 64.0 cm³/mol. The first-order valence-corrected chi connectivity index (χ1v) is 5.11. The molecule has 0 spiro atoms. The molecule has 0 aliphatic carbocycles. The first-order valence-electron chi connectivity index (χ1n) is 5.11. The van der Waals surface area contributed by atoms with Gasteiger partial charge in [-0.25, -0.2) is 14.8 Å². The van der Waals surface area contributed by atoms with Crippen molar-refractivity contribution in [1.29, 1.82) is 0 Å². The topological polar surface area (TPSA) is 125 Å². The number of carbonyl (C=O) groups excluding carboxylic acids is 1. The number of H-pyrrole nitrogens is 1. The summed E-state index contributed by atoms with van der Waals surface area (Å²) >= 11 is 0. The summed E-state index contributed by atoms with van der Waals surface area (Å²) in [5.74, 6) is -1.69. The summed E-state index contributed by atoms with van der Waals surface area (Å²) < 4.78 is 0. The maximum atomic E-state index is 11.7. The molecule has 0 fully saturated rings. The zero-order valence-corrected chi connectivity index (χ0v) is 9.45. The van der Waals surface area contributed by atoms with Crippen molar-refractivity contribution < 1.29 is 14.7 Å². The summed E-state index contributed by atoms with van der Waals surface area (Å²) in [7, 11) is 0. The van der Waals surface area contributed by atoms with E-state index in [1.54, 1.807) is 0 Å². The molecule has 3 N–H and O–H groups in total. The van der Waals surface area contributed by atoms with Crippen LogP contribution in [0.1, 0.15) is 21.0 Å². The van der Waals surface area contributed by atoms with Crippen molar-refractivity contribution in [3.05, 3.63) is 52.5 Å². The first-order chi connectivity index (χ1) is 9.06. The molecule has 1 amide bonds. The van der Waals surface area contributed by atoms with Crippen molar-refractivity contribution in [2.24, 2.45) is 0 Å². The van der Waals surface area contributed by atoms with Crippen LogP contribution in [0.4, 0.5) is 5.69 Å². The molecule has 0 saturated carbocycles. The van der Waals surface area contributed by atoms with Gasteiger partial charge >= 0.3 is 5.97 Å². The number of nitrogens with zero attached hydrogens (tertiary/aromatic N) is 2. The average Bonchev–Trinajstić information content (AvgIpc) is 2.40. The van der Waals surface area contributed by atoms with Gasteiger partial charge < -0.3 is 15.4 Å². The zero-order chi connectivity index (χ0) is 13.8. The maximum Gasteiger partial charge on any atom is 0.354 e. The van der Waals surface area contributed by atoms with Crippen molar-refractivity contribution in [2.75, 3.05) is 5.32 Å². The molecule has 0 aliphatic heterocycles. The van der Waals surface area contributed by atoms with Crippen molar-refractivity contribution in [1.82, 2.24) is 15.0 Å². The van der Waals surface area contributed by atoms with Crippen LogP contribution in [0.5, 0.6) is 0 Å². The molecule has 2 aromatic heterocycles. The van der Waals surface area contributed by atoms with E-state index in [4.69, 9.17) is 5.11 Å². The van der Waals surface area contributed by atoms with Gasteiger partial charge in [0.15, 0.2) is 0 Å². The fraction of sp³-hybridized carbons (Fsp3) is 0. The van der Waals surface area contributed by atoms with E-state index in [1.165, 1.54) is 24.5 Å². The van der Waals surface area contributed by atoms with Gasteiger partial charge in [-0.3, -0.25) is 9.59 Å². The minimum absolute atomic E-state index is 0.0295. The van der Waals surface area contributed by atoms with Crippen LogP contribution in [0, 0.1) is 0 Å². The number of anilines is 1. The van der Waals surface area contributed by atoms with Gasteiger partial charge in [0.1, 0.15) is 11.4 Å². The van der Waals surface area contributed by atoms with Crippen LogP contribution in [-0.2, 0) is 0 Å². The number of rotatable bonds is 3. The Bertz CT molecular complexity index is 657. The van der Waals surface area contributed by atoms with E-state index >= 15 is 0 Å². The molecule has 8 nitrogen and oxygen atoms in total. The quantitative estimate of drug-likeness (QED) is 0.719. The lowest BCUT2D eigenvalue weighted by atomic mass is 10.3. The highest BCUT2D eigenvalue weighted by atomic mass is 16.4. The van der Waals surface area contributed by atoms with Crippen LogP contribution in [0.3, 0.4) is 0 Å². The molecule has 0 aromatic carbocycles. The Morgan fingerprint density at radius 2 is 1.89 bits per heavy atom. The summed E-state index contributed by atoms with van der Waals surface area (Å²) in [4.78, 5) is 42.7. The number of carbonyl (C=O) groups is 2. The first kappa shape index (κ1) is 12.4. The van der Waals surface area contributed by atoms with E-state index in [0.29, 0.717) is 5.69 Å². The van der Waals surface area contributed by atoms with E-state index in [0.717, 1.165) is 6.20 Å². The number of pyridine rings is 1. The largest absolute Gasteiger partial charge is 0.477 e. The fourth-order valence-corrected chi connectivity index (χ4v) is 1.26. The lowest BCUT2D eigenvalue weighted by Crippen LogP contribution is -2.17. The highest BCUT2D eigenvalue weighted by Crippen LogP contribution is 2.07. The average molecular weight is 260 g/mol. The number of aromatic amines is 1. The Labute approximate surface area is 106 Å². The van der Waals surface area contributed by atoms with Crippen LogP contribution in [-0.4, -0.2) is 31.9 Å². The standard InChI is InChI=1S/C11H8N4O4/c16-9-5-13-8(4-14-9)10(17)15-6-1-2-7(11(18)19)12-3-6/h1-5H,(H,14,16)(H,15,17)(H,18,19). The summed E-state index contributed by atoms with van der Waals surface area (Å²) in [6.45, 7) is 0. The second-order valence-electron chi connectivity index (χ2n) is 3.49. The molecule has 2 aromatic rings. The number of hydrogen-bond donors (Lipinski definition) is 3. The molecule has 96 valence electrons. The van der Waals surface area contributed by atoms with Crippen LogP contribution in [0.2, 0.25) is 0 Å². The Balaban J connectivity index is 2.12. The van der Waals surface area contributed by atoms with Crippen molar-refractivity contribution in [3.8, 4) is 0 Å². The molecule has 2 rings (SSSR count). The molecule has 8 heteroatoms. The number of nitrogens with one attached hydrogen (secondary N) is 2. The Hall–Kier alpha value is -3.03. The maximum absolute atomic E-state index is 11.7. The SMILES string of the molecule is O=C(O)c1ccc(NC(=O)c2c[nH]c(=O)cn2)cn1. The monoisotopic (exact) mass is 260 g/mol. The van der Waals surface area contributed by atoms with E-state index in [9.17, 15) is 14.4 Å². The normalized spacial score (nSPS) is 9.89. The molecule has 2 heterocycles. The third-order valence-corrected chi connectivity index (χ3v) is 2.15. The molecule has 0 unspecified atom stereocenters. The van der Waals surface area contributed by atoms with Crippen LogP contribution < -0.4 is 10.9 Å². The molecule has 0 radical (unpaired) electrons.